The van der Waals surface area contributed by atoms with Crippen LogP contribution < -0.4 is 10.5 Å². The highest BCUT2D eigenvalue weighted by atomic mass is 35.5. The summed E-state index contributed by atoms with van der Waals surface area (Å²) in [5.74, 6) is 0. The first-order valence-corrected chi connectivity index (χ1v) is 10.00. The number of piperazine rings is 1. The van der Waals surface area contributed by atoms with Gasteiger partial charge in [0.05, 0.1) is 11.4 Å². The van der Waals surface area contributed by atoms with Crippen LogP contribution in [-0.2, 0) is 13.6 Å². The molecule has 6 heteroatoms. The first-order valence-electron chi connectivity index (χ1n) is 9.62. The van der Waals surface area contributed by atoms with Crippen LogP contribution in [0.3, 0.4) is 0 Å². The monoisotopic (exact) mass is 396 g/mol. The molecule has 1 saturated heterocycles. The summed E-state index contributed by atoms with van der Waals surface area (Å²) in [6.07, 6.45) is 0. The van der Waals surface area contributed by atoms with Crippen molar-refractivity contribution in [2.75, 3.05) is 24.5 Å². The average molecular weight is 397 g/mol. The van der Waals surface area contributed by atoms with Crippen molar-refractivity contribution >= 4 is 17.3 Å². The van der Waals surface area contributed by atoms with Crippen LogP contribution in [-0.4, -0.2) is 39.9 Å². The van der Waals surface area contributed by atoms with Crippen molar-refractivity contribution in [3.05, 3.63) is 81.7 Å². The summed E-state index contributed by atoms with van der Waals surface area (Å²) in [7, 11) is 1.90. The van der Waals surface area contributed by atoms with Gasteiger partial charge in [0.1, 0.15) is 5.02 Å². The van der Waals surface area contributed by atoms with Gasteiger partial charge in [0.15, 0.2) is 0 Å². The Labute approximate surface area is 170 Å². The highest BCUT2D eigenvalue weighted by Gasteiger charge is 2.26. The van der Waals surface area contributed by atoms with Gasteiger partial charge in [0.25, 0.3) is 5.56 Å². The molecule has 1 fully saturated rings. The minimum absolute atomic E-state index is 0.165. The van der Waals surface area contributed by atoms with E-state index in [4.69, 9.17) is 11.6 Å². The third kappa shape index (κ3) is 3.48. The Morgan fingerprint density at radius 2 is 1.57 bits per heavy atom. The van der Waals surface area contributed by atoms with Gasteiger partial charge in [-0.25, -0.2) is 4.68 Å². The normalized spacial score (nSPS) is 17.8. The van der Waals surface area contributed by atoms with Gasteiger partial charge in [-0.3, -0.25) is 14.4 Å². The zero-order valence-electron chi connectivity index (χ0n) is 16.3. The molecule has 1 atom stereocenters. The van der Waals surface area contributed by atoms with Gasteiger partial charge in [-0.15, -0.1) is 0 Å². The van der Waals surface area contributed by atoms with Gasteiger partial charge in [0, 0.05) is 45.0 Å². The molecule has 5 nitrogen and oxygen atoms in total. The largest absolute Gasteiger partial charge is 0.366 e. The Bertz CT molecular complexity index is 997. The summed E-state index contributed by atoms with van der Waals surface area (Å²) in [5, 5.41) is 0.310. The molecule has 146 valence electrons. The van der Waals surface area contributed by atoms with E-state index >= 15 is 0 Å². The van der Waals surface area contributed by atoms with Crippen LogP contribution in [0.1, 0.15) is 12.6 Å². The van der Waals surface area contributed by atoms with Crippen molar-refractivity contribution in [3.63, 3.8) is 0 Å². The first kappa shape index (κ1) is 18.8. The zero-order valence-corrected chi connectivity index (χ0v) is 17.0. The fourth-order valence-electron chi connectivity index (χ4n) is 4.04. The molecule has 4 rings (SSSR count). The maximum atomic E-state index is 12.7. The van der Waals surface area contributed by atoms with Gasteiger partial charge in [-0.05, 0) is 31.2 Å². The van der Waals surface area contributed by atoms with E-state index < -0.39 is 0 Å². The topological polar surface area (TPSA) is 33.4 Å². The van der Waals surface area contributed by atoms with Gasteiger partial charge in [-0.2, -0.15) is 0 Å². The van der Waals surface area contributed by atoms with Crippen molar-refractivity contribution in [3.8, 4) is 5.69 Å². The lowest BCUT2D eigenvalue weighted by Crippen LogP contribution is -2.51. The quantitative estimate of drug-likeness (QED) is 0.676. The molecule has 2 aromatic carbocycles. The van der Waals surface area contributed by atoms with Crippen LogP contribution in [0.4, 0.5) is 5.69 Å². The molecule has 0 spiro atoms. The summed E-state index contributed by atoms with van der Waals surface area (Å²) in [5.41, 5.74) is 2.78. The number of hydrogen-bond donors (Lipinski definition) is 0. The molecule has 1 aliphatic heterocycles. The van der Waals surface area contributed by atoms with Gasteiger partial charge >= 0.3 is 0 Å². The van der Waals surface area contributed by atoms with E-state index in [1.54, 1.807) is 4.68 Å². The lowest BCUT2D eigenvalue weighted by atomic mass is 10.1. The Morgan fingerprint density at radius 1 is 0.964 bits per heavy atom. The lowest BCUT2D eigenvalue weighted by molar-refractivity contribution is 0.215. The molecular weight excluding hydrogens is 372 g/mol. The number of hydrogen-bond acceptors (Lipinski definition) is 3. The third-order valence-electron chi connectivity index (χ3n) is 5.50. The van der Waals surface area contributed by atoms with E-state index in [1.807, 2.05) is 48.1 Å². The van der Waals surface area contributed by atoms with Crippen molar-refractivity contribution in [2.24, 2.45) is 7.05 Å². The third-order valence-corrected chi connectivity index (χ3v) is 5.88. The molecule has 1 unspecified atom stereocenters. The van der Waals surface area contributed by atoms with E-state index in [-0.39, 0.29) is 5.56 Å². The highest BCUT2D eigenvalue weighted by molar-refractivity contribution is 6.31. The molecule has 3 aromatic rings. The molecule has 0 amide bonds. The van der Waals surface area contributed by atoms with E-state index in [9.17, 15) is 4.79 Å². The lowest BCUT2D eigenvalue weighted by Gasteiger charge is -2.41. The van der Waals surface area contributed by atoms with Gasteiger partial charge in [0.2, 0.25) is 0 Å². The summed E-state index contributed by atoms with van der Waals surface area (Å²) < 4.78 is 3.52. The highest BCUT2D eigenvalue weighted by Crippen LogP contribution is 2.23. The van der Waals surface area contributed by atoms with Crippen molar-refractivity contribution in [2.45, 2.75) is 19.5 Å². The Hall–Kier alpha value is -2.50. The number of benzene rings is 2. The standard InChI is InChI=1S/C22H25ClN4O/c1-17-15-25(13-14-26(17)18-9-5-3-6-10-18)16-20-21(23)22(28)27(24(20)2)19-11-7-4-8-12-19/h3-12,17H,13-16H2,1-2H3. The summed E-state index contributed by atoms with van der Waals surface area (Å²) in [6, 6.07) is 20.5. The number of rotatable bonds is 4. The van der Waals surface area contributed by atoms with E-state index in [2.05, 4.69) is 41.0 Å². The summed E-state index contributed by atoms with van der Waals surface area (Å²) >= 11 is 6.46. The second-order valence-electron chi connectivity index (χ2n) is 7.35. The molecule has 0 radical (unpaired) electrons. The van der Waals surface area contributed by atoms with Crippen molar-refractivity contribution in [1.82, 2.24) is 14.3 Å². The Morgan fingerprint density at radius 3 is 2.18 bits per heavy atom. The minimum atomic E-state index is -0.165. The number of halogens is 1. The van der Waals surface area contributed by atoms with Gasteiger partial charge in [-0.1, -0.05) is 48.0 Å². The molecule has 28 heavy (non-hydrogen) atoms. The fraction of sp³-hybridized carbons (Fsp3) is 0.318. The second kappa shape index (κ2) is 7.86. The summed E-state index contributed by atoms with van der Waals surface area (Å²) in [4.78, 5) is 17.5. The van der Waals surface area contributed by atoms with E-state index in [1.165, 1.54) is 5.69 Å². The zero-order chi connectivity index (χ0) is 19.7. The summed E-state index contributed by atoms with van der Waals surface area (Å²) in [6.45, 7) is 5.72. The average Bonchev–Trinajstić information content (AvgIpc) is 2.93. The number of aromatic nitrogens is 2. The smallest absolute Gasteiger partial charge is 0.290 e. The Balaban J connectivity index is 1.54. The van der Waals surface area contributed by atoms with Crippen LogP contribution in [0, 0.1) is 0 Å². The number of nitrogens with zero attached hydrogens (tertiary/aromatic N) is 4. The first-order chi connectivity index (χ1) is 13.6. The van der Waals surface area contributed by atoms with E-state index in [0.717, 1.165) is 31.0 Å². The van der Waals surface area contributed by atoms with Crippen LogP contribution in [0.2, 0.25) is 5.02 Å². The number of para-hydroxylation sites is 2. The van der Waals surface area contributed by atoms with Crippen LogP contribution in [0.15, 0.2) is 65.5 Å². The fourth-order valence-corrected chi connectivity index (χ4v) is 4.30. The van der Waals surface area contributed by atoms with Crippen LogP contribution in [0.5, 0.6) is 0 Å². The molecule has 0 aliphatic carbocycles. The molecule has 2 heterocycles. The Kier molecular flexibility index (Phi) is 5.29. The maximum absolute atomic E-state index is 12.7. The number of anilines is 1. The predicted molar refractivity (Wildman–Crippen MR) is 115 cm³/mol. The van der Waals surface area contributed by atoms with E-state index in [0.29, 0.717) is 17.6 Å². The molecular formula is C22H25ClN4O. The molecule has 1 aliphatic rings. The van der Waals surface area contributed by atoms with Gasteiger partial charge < -0.3 is 4.90 Å². The predicted octanol–water partition coefficient (Wildman–Crippen LogP) is 3.54. The van der Waals surface area contributed by atoms with Crippen molar-refractivity contribution < 1.29 is 0 Å². The maximum Gasteiger partial charge on any atom is 0.290 e. The minimum Gasteiger partial charge on any atom is -0.366 e. The van der Waals surface area contributed by atoms with Crippen molar-refractivity contribution in [1.29, 1.82) is 0 Å². The second-order valence-corrected chi connectivity index (χ2v) is 7.73. The SMILES string of the molecule is CC1CN(Cc2c(Cl)c(=O)n(-c3ccccc3)n2C)CCN1c1ccccc1. The molecule has 0 bridgehead atoms. The molecule has 1 aromatic heterocycles. The van der Waals surface area contributed by atoms with Crippen LogP contribution >= 0.6 is 11.6 Å². The molecule has 0 N–H and O–H groups in total. The van der Waals surface area contributed by atoms with Crippen LogP contribution in [0.25, 0.3) is 5.69 Å². The molecule has 0 saturated carbocycles.